The second-order valence-electron chi connectivity index (χ2n) is 5.70. The summed E-state index contributed by atoms with van der Waals surface area (Å²) >= 11 is 0.804. The number of thioether (sulfide) groups is 1. The van der Waals surface area contributed by atoms with Crippen LogP contribution in [0.5, 0.6) is 11.5 Å². The maximum atomic E-state index is 12.6. The molecule has 2 amide bonds. The van der Waals surface area contributed by atoms with Gasteiger partial charge in [0, 0.05) is 6.07 Å². The minimum Gasteiger partial charge on any atom is -0.508 e. The molecule has 1 heterocycles. The van der Waals surface area contributed by atoms with Gasteiger partial charge in [0.25, 0.3) is 11.1 Å². The van der Waals surface area contributed by atoms with Crippen molar-refractivity contribution in [3.8, 4) is 11.5 Å². The van der Waals surface area contributed by atoms with E-state index in [9.17, 15) is 19.5 Å². The lowest BCUT2D eigenvalue weighted by atomic mass is 10.2. The van der Waals surface area contributed by atoms with Gasteiger partial charge >= 0.3 is 5.97 Å². The molecular formula is C19H15NO6S. The van der Waals surface area contributed by atoms with Crippen molar-refractivity contribution in [1.29, 1.82) is 0 Å². The largest absolute Gasteiger partial charge is 0.508 e. The van der Waals surface area contributed by atoms with Gasteiger partial charge in [0.2, 0.25) is 0 Å². The number of hydrogen-bond donors (Lipinski definition) is 2. The number of phenols is 1. The Hall–Kier alpha value is -3.26. The molecule has 0 spiro atoms. The van der Waals surface area contributed by atoms with Crippen molar-refractivity contribution < 1.29 is 29.3 Å². The first-order valence-corrected chi connectivity index (χ1v) is 8.73. The molecule has 0 aromatic heterocycles. The summed E-state index contributed by atoms with van der Waals surface area (Å²) in [5, 5.41) is 17.9. The normalized spacial score (nSPS) is 16.6. The van der Waals surface area contributed by atoms with Crippen LogP contribution in [0, 0.1) is 0 Å². The first-order valence-electron chi connectivity index (χ1n) is 7.91. The Morgan fingerprint density at radius 2 is 1.89 bits per heavy atom. The van der Waals surface area contributed by atoms with Crippen molar-refractivity contribution in [2.24, 2.45) is 0 Å². The second kappa shape index (κ2) is 7.55. The van der Waals surface area contributed by atoms with E-state index in [4.69, 9.17) is 9.84 Å². The number of benzene rings is 2. The quantitative estimate of drug-likeness (QED) is 0.759. The van der Waals surface area contributed by atoms with E-state index in [2.05, 4.69) is 0 Å². The Kier molecular flexibility index (Phi) is 5.18. The molecule has 0 saturated carbocycles. The number of carbonyl (C=O) groups excluding carboxylic acids is 2. The lowest BCUT2D eigenvalue weighted by molar-refractivity contribution is -0.144. The molecule has 8 heteroatoms. The van der Waals surface area contributed by atoms with E-state index in [1.54, 1.807) is 42.5 Å². The molecule has 7 nitrogen and oxygen atoms in total. The first kappa shape index (κ1) is 18.5. The summed E-state index contributed by atoms with van der Waals surface area (Å²) in [6, 6.07) is 12.4. The van der Waals surface area contributed by atoms with Gasteiger partial charge in [0.1, 0.15) is 11.5 Å². The Balaban J connectivity index is 1.78. The van der Waals surface area contributed by atoms with Crippen molar-refractivity contribution in [3.05, 3.63) is 59.0 Å². The smallest absolute Gasteiger partial charge is 0.344 e. The number of hydrogen-bond acceptors (Lipinski definition) is 6. The number of anilines is 1. The van der Waals surface area contributed by atoms with Gasteiger partial charge < -0.3 is 14.9 Å². The van der Waals surface area contributed by atoms with Crippen LogP contribution in [0.25, 0.3) is 6.08 Å². The molecule has 1 aliphatic rings. The minimum absolute atomic E-state index is 0.0401. The lowest BCUT2D eigenvalue weighted by Gasteiger charge is -2.12. The van der Waals surface area contributed by atoms with Gasteiger partial charge in [0.05, 0.1) is 10.6 Å². The van der Waals surface area contributed by atoms with Crippen molar-refractivity contribution >= 4 is 40.6 Å². The summed E-state index contributed by atoms with van der Waals surface area (Å²) in [5.74, 6) is -1.20. The number of carboxylic acids is 1. The van der Waals surface area contributed by atoms with Gasteiger partial charge in [0.15, 0.2) is 6.10 Å². The summed E-state index contributed by atoms with van der Waals surface area (Å²) in [6.07, 6.45) is 0.590. The van der Waals surface area contributed by atoms with Crippen LogP contribution in [-0.4, -0.2) is 33.4 Å². The molecule has 2 aromatic carbocycles. The molecular weight excluding hydrogens is 370 g/mol. The van der Waals surface area contributed by atoms with E-state index < -0.39 is 23.2 Å². The molecule has 1 unspecified atom stereocenters. The minimum atomic E-state index is -1.07. The fraction of sp³-hybridized carbons (Fsp3) is 0.105. The molecule has 2 N–H and O–H groups in total. The van der Waals surface area contributed by atoms with E-state index in [0.29, 0.717) is 17.0 Å². The highest BCUT2D eigenvalue weighted by Crippen LogP contribution is 2.36. The van der Waals surface area contributed by atoms with Gasteiger partial charge in [-0.25, -0.2) is 9.69 Å². The third-order valence-electron chi connectivity index (χ3n) is 3.72. The fourth-order valence-corrected chi connectivity index (χ4v) is 3.21. The summed E-state index contributed by atoms with van der Waals surface area (Å²) in [5.41, 5.74) is 0.957. The first-order chi connectivity index (χ1) is 12.8. The van der Waals surface area contributed by atoms with Crippen LogP contribution in [0.3, 0.4) is 0 Å². The lowest BCUT2D eigenvalue weighted by Crippen LogP contribution is -2.27. The molecule has 138 valence electrons. The predicted octanol–water partition coefficient (Wildman–Crippen LogP) is 3.49. The number of carbonyl (C=O) groups is 3. The highest BCUT2D eigenvalue weighted by molar-refractivity contribution is 8.19. The Morgan fingerprint density at radius 1 is 1.19 bits per heavy atom. The Bertz CT molecular complexity index is 937. The summed E-state index contributed by atoms with van der Waals surface area (Å²) in [7, 11) is 0. The Morgan fingerprint density at radius 3 is 2.52 bits per heavy atom. The van der Waals surface area contributed by atoms with Crippen LogP contribution in [0.2, 0.25) is 0 Å². The zero-order chi connectivity index (χ0) is 19.6. The Labute approximate surface area is 158 Å². The molecule has 1 fully saturated rings. The number of carboxylic acid groups (broad SMARTS) is 1. The second-order valence-corrected chi connectivity index (χ2v) is 6.70. The van der Waals surface area contributed by atoms with Crippen LogP contribution in [0.15, 0.2) is 53.4 Å². The number of aliphatic carboxylic acids is 1. The molecule has 1 saturated heterocycles. The molecule has 27 heavy (non-hydrogen) atoms. The van der Waals surface area contributed by atoms with Gasteiger partial charge in [-0.1, -0.05) is 18.2 Å². The van der Waals surface area contributed by atoms with Crippen molar-refractivity contribution in [1.82, 2.24) is 0 Å². The number of aromatic hydroxyl groups is 1. The summed E-state index contributed by atoms with van der Waals surface area (Å²) in [4.78, 5) is 36.8. The van der Waals surface area contributed by atoms with Crippen molar-refractivity contribution in [2.75, 3.05) is 4.90 Å². The molecule has 0 aliphatic carbocycles. The van der Waals surface area contributed by atoms with E-state index in [-0.39, 0.29) is 10.7 Å². The van der Waals surface area contributed by atoms with E-state index in [1.807, 2.05) is 0 Å². The predicted molar refractivity (Wildman–Crippen MR) is 101 cm³/mol. The fourth-order valence-electron chi connectivity index (χ4n) is 2.37. The average molecular weight is 385 g/mol. The van der Waals surface area contributed by atoms with Gasteiger partial charge in [-0.2, -0.15) is 0 Å². The average Bonchev–Trinajstić information content (AvgIpc) is 2.90. The van der Waals surface area contributed by atoms with E-state index >= 15 is 0 Å². The van der Waals surface area contributed by atoms with Crippen LogP contribution >= 0.6 is 11.8 Å². The third kappa shape index (κ3) is 4.12. The topological polar surface area (TPSA) is 104 Å². The third-order valence-corrected chi connectivity index (χ3v) is 4.59. The van der Waals surface area contributed by atoms with Crippen LogP contribution in [-0.2, 0) is 9.59 Å². The standard InChI is InChI=1S/C19H15NO6S/c1-11(18(23)24)26-15-7-5-12(6-8-15)9-16-17(22)20(19(25)27-16)13-3-2-4-14(21)10-13/h2-11,21H,1H3,(H,23,24)/b16-9+. The summed E-state index contributed by atoms with van der Waals surface area (Å²) < 4.78 is 5.25. The highest BCUT2D eigenvalue weighted by atomic mass is 32.2. The van der Waals surface area contributed by atoms with Crippen LogP contribution in [0.4, 0.5) is 10.5 Å². The van der Waals surface area contributed by atoms with Crippen molar-refractivity contribution in [2.45, 2.75) is 13.0 Å². The number of rotatable bonds is 5. The van der Waals surface area contributed by atoms with Crippen LogP contribution < -0.4 is 9.64 Å². The van der Waals surface area contributed by atoms with Gasteiger partial charge in [-0.05, 0) is 54.6 Å². The molecule has 1 atom stereocenters. The molecule has 1 aliphatic heterocycles. The van der Waals surface area contributed by atoms with Gasteiger partial charge in [-0.15, -0.1) is 0 Å². The number of amides is 2. The van der Waals surface area contributed by atoms with Crippen molar-refractivity contribution in [3.63, 3.8) is 0 Å². The monoisotopic (exact) mass is 385 g/mol. The molecule has 0 bridgehead atoms. The maximum Gasteiger partial charge on any atom is 0.344 e. The molecule has 3 rings (SSSR count). The van der Waals surface area contributed by atoms with E-state index in [1.165, 1.54) is 19.1 Å². The van der Waals surface area contributed by atoms with Crippen LogP contribution in [0.1, 0.15) is 12.5 Å². The van der Waals surface area contributed by atoms with Gasteiger partial charge in [-0.3, -0.25) is 9.59 Å². The van der Waals surface area contributed by atoms with E-state index in [0.717, 1.165) is 16.7 Å². The molecule has 2 aromatic rings. The number of phenolic OH excluding ortho intramolecular Hbond substituents is 1. The number of ether oxygens (including phenoxy) is 1. The zero-order valence-corrected chi connectivity index (χ0v) is 15.0. The molecule has 0 radical (unpaired) electrons. The highest BCUT2D eigenvalue weighted by Gasteiger charge is 2.36. The summed E-state index contributed by atoms with van der Waals surface area (Å²) in [6.45, 7) is 1.42. The number of imide groups is 1. The number of nitrogens with zero attached hydrogens (tertiary/aromatic N) is 1. The maximum absolute atomic E-state index is 12.6. The zero-order valence-electron chi connectivity index (χ0n) is 14.2. The SMILES string of the molecule is CC(Oc1ccc(/C=C2/SC(=O)N(c3cccc(O)c3)C2=O)cc1)C(=O)O.